The Bertz CT molecular complexity index is 423. The molecule has 1 saturated heterocycles. The second-order valence-electron chi connectivity index (χ2n) is 3.55. The molecule has 1 aliphatic heterocycles. The molecule has 1 heterocycles. The molecular formula is C11H9Br2NO2. The normalized spacial score (nSPS) is 16.8. The largest absolute Gasteiger partial charge is 0.274 e. The summed E-state index contributed by atoms with van der Waals surface area (Å²) < 4.78 is 1.48. The number of hydrogen-bond acceptors (Lipinski definition) is 2. The zero-order valence-electron chi connectivity index (χ0n) is 8.37. The van der Waals surface area contributed by atoms with Crippen molar-refractivity contribution in [3.8, 4) is 0 Å². The Kier molecular flexibility index (Phi) is 3.44. The number of imide groups is 1. The zero-order chi connectivity index (χ0) is 11.7. The Morgan fingerprint density at radius 2 is 1.50 bits per heavy atom. The summed E-state index contributed by atoms with van der Waals surface area (Å²) in [5.74, 6) is -0.271. The molecule has 0 atom stereocenters. The van der Waals surface area contributed by atoms with Gasteiger partial charge in [-0.05, 0) is 50.4 Å². The molecule has 3 nitrogen and oxygen atoms in total. The molecule has 0 spiro atoms. The number of para-hydroxylation sites is 1. The van der Waals surface area contributed by atoms with Crippen molar-refractivity contribution in [2.75, 3.05) is 4.90 Å². The lowest BCUT2D eigenvalue weighted by Crippen LogP contribution is -2.40. The first-order valence-corrected chi connectivity index (χ1v) is 6.49. The topological polar surface area (TPSA) is 37.4 Å². The SMILES string of the molecule is O=C1CCCC(=O)N1c1c(Br)cccc1Br. The summed E-state index contributed by atoms with van der Waals surface area (Å²) in [5, 5.41) is 0. The van der Waals surface area contributed by atoms with Crippen LogP contribution < -0.4 is 4.90 Å². The van der Waals surface area contributed by atoms with Crippen molar-refractivity contribution in [1.29, 1.82) is 0 Å². The van der Waals surface area contributed by atoms with E-state index in [1.54, 1.807) is 0 Å². The van der Waals surface area contributed by atoms with Crippen molar-refractivity contribution in [3.63, 3.8) is 0 Å². The van der Waals surface area contributed by atoms with Crippen molar-refractivity contribution in [3.05, 3.63) is 27.1 Å². The maximum atomic E-state index is 11.8. The predicted octanol–water partition coefficient (Wildman–Crippen LogP) is 3.26. The molecule has 0 saturated carbocycles. The average molecular weight is 347 g/mol. The molecule has 1 fully saturated rings. The van der Waals surface area contributed by atoms with Gasteiger partial charge in [0.25, 0.3) is 0 Å². The Hall–Kier alpha value is -0.680. The highest BCUT2D eigenvalue weighted by atomic mass is 79.9. The van der Waals surface area contributed by atoms with Crippen LogP contribution in [0.15, 0.2) is 27.1 Å². The Balaban J connectivity index is 2.49. The summed E-state index contributed by atoms with van der Waals surface area (Å²) in [7, 11) is 0. The standard InChI is InChI=1S/C11H9Br2NO2/c12-7-3-1-4-8(13)11(7)14-9(15)5-2-6-10(14)16/h1,3-4H,2,5-6H2. The van der Waals surface area contributed by atoms with Crippen LogP contribution in [0.4, 0.5) is 5.69 Å². The van der Waals surface area contributed by atoms with Gasteiger partial charge in [-0.1, -0.05) is 6.07 Å². The van der Waals surface area contributed by atoms with Crippen LogP contribution in [-0.2, 0) is 9.59 Å². The zero-order valence-corrected chi connectivity index (χ0v) is 11.5. The molecular weight excluding hydrogens is 338 g/mol. The van der Waals surface area contributed by atoms with E-state index in [2.05, 4.69) is 31.9 Å². The van der Waals surface area contributed by atoms with Gasteiger partial charge in [-0.25, -0.2) is 4.90 Å². The van der Waals surface area contributed by atoms with Crippen LogP contribution in [0.1, 0.15) is 19.3 Å². The van der Waals surface area contributed by atoms with Crippen molar-refractivity contribution in [1.82, 2.24) is 0 Å². The van der Waals surface area contributed by atoms with Gasteiger partial charge in [0.2, 0.25) is 11.8 Å². The molecule has 1 aliphatic rings. The summed E-state index contributed by atoms with van der Waals surface area (Å²) in [4.78, 5) is 24.8. The number of carbonyl (C=O) groups excluding carboxylic acids is 2. The number of nitrogens with zero attached hydrogens (tertiary/aromatic N) is 1. The number of rotatable bonds is 1. The molecule has 0 bridgehead atoms. The van der Waals surface area contributed by atoms with E-state index in [1.165, 1.54) is 4.90 Å². The third kappa shape index (κ3) is 2.06. The van der Waals surface area contributed by atoms with Crippen LogP contribution in [-0.4, -0.2) is 11.8 Å². The third-order valence-electron chi connectivity index (χ3n) is 2.44. The van der Waals surface area contributed by atoms with E-state index in [1.807, 2.05) is 18.2 Å². The fourth-order valence-corrected chi connectivity index (χ4v) is 3.06. The van der Waals surface area contributed by atoms with Crippen molar-refractivity contribution in [2.45, 2.75) is 19.3 Å². The fraction of sp³-hybridized carbons (Fsp3) is 0.273. The molecule has 16 heavy (non-hydrogen) atoms. The monoisotopic (exact) mass is 345 g/mol. The van der Waals surface area contributed by atoms with Crippen LogP contribution in [0, 0.1) is 0 Å². The van der Waals surface area contributed by atoms with Crippen LogP contribution in [0.3, 0.4) is 0 Å². The summed E-state index contributed by atoms with van der Waals surface area (Å²) in [5.41, 5.74) is 0.609. The van der Waals surface area contributed by atoms with Crippen LogP contribution in [0.5, 0.6) is 0 Å². The van der Waals surface area contributed by atoms with E-state index < -0.39 is 0 Å². The first kappa shape index (κ1) is 11.8. The van der Waals surface area contributed by atoms with Gasteiger partial charge < -0.3 is 0 Å². The molecule has 0 unspecified atom stereocenters. The summed E-state index contributed by atoms with van der Waals surface area (Å²) >= 11 is 6.72. The minimum absolute atomic E-state index is 0.135. The van der Waals surface area contributed by atoms with Crippen molar-refractivity contribution >= 4 is 49.4 Å². The van der Waals surface area contributed by atoms with Crippen molar-refractivity contribution < 1.29 is 9.59 Å². The molecule has 2 rings (SSSR count). The van der Waals surface area contributed by atoms with Gasteiger partial charge >= 0.3 is 0 Å². The van der Waals surface area contributed by atoms with Gasteiger partial charge in [-0.2, -0.15) is 0 Å². The summed E-state index contributed by atoms with van der Waals surface area (Å²) in [6.45, 7) is 0. The molecule has 84 valence electrons. The first-order chi connectivity index (χ1) is 7.61. The highest BCUT2D eigenvalue weighted by Crippen LogP contribution is 2.36. The molecule has 5 heteroatoms. The number of hydrogen-bond donors (Lipinski definition) is 0. The average Bonchev–Trinajstić information content (AvgIpc) is 2.21. The maximum absolute atomic E-state index is 11.8. The van der Waals surface area contributed by atoms with Crippen LogP contribution >= 0.6 is 31.9 Å². The number of piperidine rings is 1. The molecule has 1 aromatic carbocycles. The van der Waals surface area contributed by atoms with Gasteiger partial charge in [0.1, 0.15) is 0 Å². The van der Waals surface area contributed by atoms with E-state index in [0.29, 0.717) is 24.9 Å². The number of anilines is 1. The highest BCUT2D eigenvalue weighted by molar-refractivity contribution is 9.11. The molecule has 0 N–H and O–H groups in total. The molecule has 0 aromatic heterocycles. The Morgan fingerprint density at radius 3 is 2.00 bits per heavy atom. The van der Waals surface area contributed by atoms with Gasteiger partial charge in [0, 0.05) is 21.8 Å². The van der Waals surface area contributed by atoms with Crippen LogP contribution in [0.2, 0.25) is 0 Å². The minimum Gasteiger partial charge on any atom is -0.274 e. The summed E-state index contributed by atoms with van der Waals surface area (Å²) in [6, 6.07) is 5.47. The van der Waals surface area contributed by atoms with Gasteiger partial charge in [0.05, 0.1) is 5.69 Å². The quantitative estimate of drug-likeness (QED) is 0.732. The second-order valence-corrected chi connectivity index (χ2v) is 5.26. The smallest absolute Gasteiger partial charge is 0.233 e. The van der Waals surface area contributed by atoms with E-state index in [9.17, 15) is 9.59 Å². The van der Waals surface area contributed by atoms with Gasteiger partial charge in [0.15, 0.2) is 0 Å². The fourth-order valence-electron chi connectivity index (χ4n) is 1.71. The lowest BCUT2D eigenvalue weighted by molar-refractivity contribution is -0.129. The van der Waals surface area contributed by atoms with E-state index >= 15 is 0 Å². The molecule has 2 amide bonds. The lowest BCUT2D eigenvalue weighted by Gasteiger charge is -2.26. The lowest BCUT2D eigenvalue weighted by atomic mass is 10.1. The van der Waals surface area contributed by atoms with Crippen molar-refractivity contribution in [2.24, 2.45) is 0 Å². The third-order valence-corrected chi connectivity index (χ3v) is 3.72. The second kappa shape index (κ2) is 4.67. The number of amides is 2. The Labute approximate surface area is 110 Å². The van der Waals surface area contributed by atoms with E-state index in [0.717, 1.165) is 8.95 Å². The molecule has 1 aromatic rings. The summed E-state index contributed by atoms with van der Waals surface area (Å²) in [6.07, 6.45) is 1.51. The van der Waals surface area contributed by atoms with Gasteiger partial charge in [-0.3, -0.25) is 9.59 Å². The van der Waals surface area contributed by atoms with Crippen LogP contribution in [0.25, 0.3) is 0 Å². The number of carbonyl (C=O) groups is 2. The Morgan fingerprint density at radius 1 is 1.00 bits per heavy atom. The predicted molar refractivity (Wildman–Crippen MR) is 68.2 cm³/mol. The maximum Gasteiger partial charge on any atom is 0.233 e. The van der Waals surface area contributed by atoms with E-state index in [4.69, 9.17) is 0 Å². The minimum atomic E-state index is -0.135. The van der Waals surface area contributed by atoms with E-state index in [-0.39, 0.29) is 11.8 Å². The number of halogens is 2. The number of benzene rings is 1. The van der Waals surface area contributed by atoms with Gasteiger partial charge in [-0.15, -0.1) is 0 Å². The highest BCUT2D eigenvalue weighted by Gasteiger charge is 2.29. The first-order valence-electron chi connectivity index (χ1n) is 4.91. The molecule has 0 radical (unpaired) electrons. The molecule has 0 aliphatic carbocycles.